The first kappa shape index (κ1) is 25.0. The van der Waals surface area contributed by atoms with Gasteiger partial charge in [0.2, 0.25) is 5.91 Å². The van der Waals surface area contributed by atoms with Gasteiger partial charge in [0.1, 0.15) is 29.7 Å². The molecule has 4 aromatic rings. The second kappa shape index (κ2) is 10.4. The molecule has 0 spiro atoms. The molecule has 6 rings (SSSR count). The summed E-state index contributed by atoms with van der Waals surface area (Å²) in [7, 11) is 1.69. The Balaban J connectivity index is 1.19. The summed E-state index contributed by atoms with van der Waals surface area (Å²) in [4.78, 5) is 29.4. The second-order valence-electron chi connectivity index (χ2n) is 10.2. The van der Waals surface area contributed by atoms with Crippen molar-refractivity contribution in [3.05, 3.63) is 113 Å². The maximum absolute atomic E-state index is 13.7. The minimum absolute atomic E-state index is 0.0860. The van der Waals surface area contributed by atoms with Gasteiger partial charge in [0.05, 0.1) is 18.8 Å². The van der Waals surface area contributed by atoms with Crippen molar-refractivity contribution in [1.82, 2.24) is 9.80 Å². The smallest absolute Gasteiger partial charge is 0.289 e. The highest BCUT2D eigenvalue weighted by molar-refractivity contribution is 5.91. The quantitative estimate of drug-likeness (QED) is 0.291. The number of amides is 2. The maximum Gasteiger partial charge on any atom is 0.289 e. The molecule has 1 fully saturated rings. The lowest BCUT2D eigenvalue weighted by atomic mass is 9.87. The van der Waals surface area contributed by atoms with Gasteiger partial charge in [-0.15, -0.1) is 0 Å². The number of furan rings is 2. The topological polar surface area (TPSA) is 76.1 Å². The molecule has 200 valence electrons. The molecular weight excluding hydrogens is 499 g/mol. The van der Waals surface area contributed by atoms with E-state index in [0.29, 0.717) is 30.4 Å². The molecule has 1 aliphatic heterocycles. The first-order valence-corrected chi connectivity index (χ1v) is 13.1. The number of halogens is 1. The van der Waals surface area contributed by atoms with Crippen molar-refractivity contribution in [3.8, 4) is 5.75 Å². The molecule has 2 aromatic carbocycles. The number of hydrogen-bond acceptors (Lipinski definition) is 5. The first-order chi connectivity index (χ1) is 19.0. The van der Waals surface area contributed by atoms with E-state index in [-0.39, 0.29) is 42.0 Å². The number of carbonyl (C=O) groups is 2. The van der Waals surface area contributed by atoms with Crippen LogP contribution in [0.3, 0.4) is 0 Å². The summed E-state index contributed by atoms with van der Waals surface area (Å²) < 4.78 is 30.9. The molecule has 1 aliphatic carbocycles. The van der Waals surface area contributed by atoms with E-state index < -0.39 is 0 Å². The van der Waals surface area contributed by atoms with Crippen LogP contribution in [-0.4, -0.2) is 35.2 Å². The van der Waals surface area contributed by atoms with Gasteiger partial charge < -0.3 is 23.4 Å². The molecule has 39 heavy (non-hydrogen) atoms. The zero-order valence-corrected chi connectivity index (χ0v) is 21.6. The van der Waals surface area contributed by atoms with Crippen LogP contribution < -0.4 is 4.74 Å². The molecule has 0 N–H and O–H groups in total. The summed E-state index contributed by atoms with van der Waals surface area (Å²) >= 11 is 0. The van der Waals surface area contributed by atoms with Crippen molar-refractivity contribution >= 4 is 11.8 Å². The van der Waals surface area contributed by atoms with Crippen LogP contribution in [-0.2, 0) is 24.4 Å². The van der Waals surface area contributed by atoms with Crippen LogP contribution in [0.5, 0.6) is 5.75 Å². The minimum atomic E-state index is -0.310. The molecule has 3 heterocycles. The van der Waals surface area contributed by atoms with E-state index in [2.05, 4.69) is 0 Å². The Labute approximate surface area is 225 Å². The fourth-order valence-electron chi connectivity index (χ4n) is 5.11. The van der Waals surface area contributed by atoms with E-state index in [1.54, 1.807) is 43.6 Å². The monoisotopic (exact) mass is 528 g/mol. The lowest BCUT2D eigenvalue weighted by Crippen LogP contribution is -2.41. The Hall–Kier alpha value is -4.33. The van der Waals surface area contributed by atoms with E-state index in [4.69, 9.17) is 13.6 Å². The summed E-state index contributed by atoms with van der Waals surface area (Å²) in [6.45, 7) is 1.10. The predicted octanol–water partition coefficient (Wildman–Crippen LogP) is 5.75. The van der Waals surface area contributed by atoms with Crippen LogP contribution in [0.1, 0.15) is 57.6 Å². The lowest BCUT2D eigenvalue weighted by molar-refractivity contribution is -0.134. The van der Waals surface area contributed by atoms with E-state index >= 15 is 0 Å². The standard InChI is InChI=1S/C31H29FN2O5/c1-33(18-25-3-2-16-37-25)31(36)28-13-12-26(39-28)19-38-24-11-8-20-14-15-34(30(35)22-4-5-22)29(27(20)17-24)21-6-9-23(32)10-7-21/h2-3,6-13,16-17,22,29H,4-5,14-15,18-19H2,1H3. The van der Waals surface area contributed by atoms with E-state index in [0.717, 1.165) is 36.0 Å². The van der Waals surface area contributed by atoms with Crippen LogP contribution in [0.4, 0.5) is 4.39 Å². The molecule has 2 aromatic heterocycles. The molecule has 1 saturated carbocycles. The number of benzene rings is 2. The number of carbonyl (C=O) groups excluding carboxylic acids is 2. The van der Waals surface area contributed by atoms with Crippen molar-refractivity contribution in [2.75, 3.05) is 13.6 Å². The zero-order chi connectivity index (χ0) is 26.9. The van der Waals surface area contributed by atoms with E-state index in [1.807, 2.05) is 29.2 Å². The third kappa shape index (κ3) is 5.32. The highest BCUT2D eigenvalue weighted by Gasteiger charge is 2.39. The number of nitrogens with zero attached hydrogens (tertiary/aromatic N) is 2. The van der Waals surface area contributed by atoms with Gasteiger partial charge in [-0.2, -0.15) is 0 Å². The summed E-state index contributed by atoms with van der Waals surface area (Å²) in [5.41, 5.74) is 2.99. The summed E-state index contributed by atoms with van der Waals surface area (Å²) in [5, 5.41) is 0. The molecule has 2 aliphatic rings. The van der Waals surface area contributed by atoms with Gasteiger partial charge in [0.15, 0.2) is 5.76 Å². The largest absolute Gasteiger partial charge is 0.486 e. The van der Waals surface area contributed by atoms with Crippen LogP contribution >= 0.6 is 0 Å². The summed E-state index contributed by atoms with van der Waals surface area (Å²) in [6.07, 6.45) is 4.17. The minimum Gasteiger partial charge on any atom is -0.486 e. The van der Waals surface area contributed by atoms with E-state index in [1.165, 1.54) is 17.0 Å². The van der Waals surface area contributed by atoms with Crippen LogP contribution in [0.2, 0.25) is 0 Å². The molecule has 0 bridgehead atoms. The average Bonchev–Trinajstić information content (AvgIpc) is 3.47. The number of ether oxygens (including phenoxy) is 1. The molecule has 1 unspecified atom stereocenters. The number of fused-ring (bicyclic) bond motifs is 1. The fourth-order valence-corrected chi connectivity index (χ4v) is 5.11. The Morgan fingerprint density at radius 1 is 1.05 bits per heavy atom. The number of hydrogen-bond donors (Lipinski definition) is 0. The van der Waals surface area contributed by atoms with Gasteiger partial charge >= 0.3 is 0 Å². The van der Waals surface area contributed by atoms with Gasteiger partial charge in [-0.05, 0) is 84.5 Å². The van der Waals surface area contributed by atoms with Crippen LogP contribution in [0.15, 0.2) is 81.8 Å². The van der Waals surface area contributed by atoms with Gasteiger partial charge in [-0.3, -0.25) is 9.59 Å². The molecule has 0 radical (unpaired) electrons. The summed E-state index contributed by atoms with van der Waals surface area (Å²) in [5.74, 6) is 1.73. The van der Waals surface area contributed by atoms with Crippen molar-refractivity contribution in [2.45, 2.75) is 38.5 Å². The maximum atomic E-state index is 13.7. The average molecular weight is 529 g/mol. The van der Waals surface area contributed by atoms with Crippen molar-refractivity contribution < 1.29 is 27.6 Å². The van der Waals surface area contributed by atoms with Crippen LogP contribution in [0.25, 0.3) is 0 Å². The summed E-state index contributed by atoms with van der Waals surface area (Å²) in [6, 6.07) is 18.9. The van der Waals surface area contributed by atoms with Gasteiger partial charge in [0.25, 0.3) is 5.91 Å². The predicted molar refractivity (Wildman–Crippen MR) is 140 cm³/mol. The molecule has 7 nitrogen and oxygen atoms in total. The second-order valence-corrected chi connectivity index (χ2v) is 10.2. The Bertz CT molecular complexity index is 1470. The van der Waals surface area contributed by atoms with Crippen LogP contribution in [0, 0.1) is 11.7 Å². The Morgan fingerprint density at radius 3 is 2.62 bits per heavy atom. The molecule has 2 amide bonds. The fraction of sp³-hybridized carbons (Fsp3) is 0.290. The molecule has 8 heteroatoms. The molecule has 1 atom stereocenters. The van der Waals surface area contributed by atoms with Gasteiger partial charge in [-0.25, -0.2) is 4.39 Å². The van der Waals surface area contributed by atoms with Crippen molar-refractivity contribution in [1.29, 1.82) is 0 Å². The molecular formula is C31H29FN2O5. The van der Waals surface area contributed by atoms with Gasteiger partial charge in [0, 0.05) is 19.5 Å². The van der Waals surface area contributed by atoms with Crippen molar-refractivity contribution in [2.24, 2.45) is 5.92 Å². The first-order valence-electron chi connectivity index (χ1n) is 13.1. The normalized spacial score (nSPS) is 16.6. The van der Waals surface area contributed by atoms with Crippen molar-refractivity contribution in [3.63, 3.8) is 0 Å². The van der Waals surface area contributed by atoms with E-state index in [9.17, 15) is 14.0 Å². The highest BCUT2D eigenvalue weighted by Crippen LogP contribution is 2.41. The SMILES string of the molecule is CN(Cc1ccco1)C(=O)c1ccc(COc2ccc3c(c2)C(c2ccc(F)cc2)N(C(=O)C2CC2)CC3)o1. The number of rotatable bonds is 8. The zero-order valence-electron chi connectivity index (χ0n) is 21.6. The highest BCUT2D eigenvalue weighted by atomic mass is 19.1. The third-order valence-corrected chi connectivity index (χ3v) is 7.31. The van der Waals surface area contributed by atoms with Gasteiger partial charge in [-0.1, -0.05) is 18.2 Å². The lowest BCUT2D eigenvalue weighted by Gasteiger charge is -2.38. The third-order valence-electron chi connectivity index (χ3n) is 7.31. The Morgan fingerprint density at radius 2 is 1.87 bits per heavy atom. The molecule has 0 saturated heterocycles. The Kier molecular flexibility index (Phi) is 6.69.